The maximum atomic E-state index is 10.4. The summed E-state index contributed by atoms with van der Waals surface area (Å²) < 4.78 is 6.35. The predicted molar refractivity (Wildman–Crippen MR) is 103 cm³/mol. The second-order valence-electron chi connectivity index (χ2n) is 8.61. The van der Waals surface area contributed by atoms with Crippen molar-refractivity contribution in [1.29, 1.82) is 0 Å². The van der Waals surface area contributed by atoms with Crippen LogP contribution in [0.1, 0.15) is 57.1 Å². The molecule has 0 spiro atoms. The number of halogens is 1. The van der Waals surface area contributed by atoms with Gasteiger partial charge in [-0.2, -0.15) is 0 Å². The van der Waals surface area contributed by atoms with E-state index in [9.17, 15) is 5.11 Å². The van der Waals surface area contributed by atoms with Crippen LogP contribution < -0.4 is 5.32 Å². The summed E-state index contributed by atoms with van der Waals surface area (Å²) in [4.78, 5) is 0. The fourth-order valence-corrected chi connectivity index (χ4v) is 5.71. The van der Waals surface area contributed by atoms with E-state index in [1.54, 1.807) is 0 Å². The van der Waals surface area contributed by atoms with Gasteiger partial charge >= 0.3 is 0 Å². The van der Waals surface area contributed by atoms with E-state index in [0.717, 1.165) is 17.8 Å². The topological polar surface area (TPSA) is 41.5 Å². The minimum Gasteiger partial charge on any atom is -0.389 e. The van der Waals surface area contributed by atoms with E-state index < -0.39 is 6.10 Å². The lowest BCUT2D eigenvalue weighted by molar-refractivity contribution is -0.174. The molecule has 140 valence electrons. The second-order valence-corrected chi connectivity index (χ2v) is 8.61. The number of ether oxygens (including phenoxy) is 1. The predicted octanol–water partition coefficient (Wildman–Crippen LogP) is 4.11. The van der Waals surface area contributed by atoms with Crippen molar-refractivity contribution in [3.8, 4) is 0 Å². The zero-order valence-corrected chi connectivity index (χ0v) is 16.0. The molecule has 5 rings (SSSR count). The van der Waals surface area contributed by atoms with Crippen LogP contribution in [0, 0.1) is 17.8 Å². The first-order valence-electron chi connectivity index (χ1n) is 9.72. The minimum absolute atomic E-state index is 0. The molecular weight excluding hydrogens is 334 g/mol. The highest BCUT2D eigenvalue weighted by Crippen LogP contribution is 2.57. The van der Waals surface area contributed by atoms with Gasteiger partial charge in [0.05, 0.1) is 18.3 Å². The fraction of sp³-hybridized carbons (Fsp3) is 0.714. The van der Waals surface area contributed by atoms with E-state index in [0.29, 0.717) is 13.2 Å². The van der Waals surface area contributed by atoms with Gasteiger partial charge in [0.15, 0.2) is 0 Å². The molecule has 25 heavy (non-hydrogen) atoms. The normalized spacial score (nSPS) is 35.2. The Morgan fingerprint density at radius 3 is 2.20 bits per heavy atom. The van der Waals surface area contributed by atoms with Gasteiger partial charge in [-0.25, -0.2) is 0 Å². The van der Waals surface area contributed by atoms with Gasteiger partial charge < -0.3 is 15.2 Å². The lowest BCUT2D eigenvalue weighted by Gasteiger charge is -2.56. The van der Waals surface area contributed by atoms with Gasteiger partial charge in [-0.05, 0) is 68.8 Å². The molecule has 2 unspecified atom stereocenters. The van der Waals surface area contributed by atoms with Gasteiger partial charge in [-0.3, -0.25) is 0 Å². The van der Waals surface area contributed by atoms with Crippen molar-refractivity contribution in [3.63, 3.8) is 0 Å². The molecule has 2 N–H and O–H groups in total. The van der Waals surface area contributed by atoms with E-state index in [1.165, 1.54) is 44.1 Å². The zero-order chi connectivity index (χ0) is 16.6. The Balaban J connectivity index is 0.00000182. The molecule has 3 nitrogen and oxygen atoms in total. The molecule has 0 heterocycles. The Kier molecular flexibility index (Phi) is 6.10. The average molecular weight is 366 g/mol. The van der Waals surface area contributed by atoms with Gasteiger partial charge in [0.2, 0.25) is 0 Å². The molecule has 0 saturated heterocycles. The summed E-state index contributed by atoms with van der Waals surface area (Å²) in [7, 11) is 0. The van der Waals surface area contributed by atoms with Crippen LogP contribution >= 0.6 is 12.4 Å². The SMILES string of the molecule is CC(NCC(O)COC12CC3CC(CC(C3)C1)C2)c1ccccc1.Cl. The fourth-order valence-electron chi connectivity index (χ4n) is 5.71. The smallest absolute Gasteiger partial charge is 0.0898 e. The zero-order valence-electron chi connectivity index (χ0n) is 15.2. The van der Waals surface area contributed by atoms with Gasteiger partial charge in [0.25, 0.3) is 0 Å². The third-order valence-corrected chi connectivity index (χ3v) is 6.52. The highest BCUT2D eigenvalue weighted by atomic mass is 35.5. The summed E-state index contributed by atoms with van der Waals surface area (Å²) in [6.45, 7) is 3.20. The van der Waals surface area contributed by atoms with Crippen molar-refractivity contribution in [2.75, 3.05) is 13.2 Å². The molecule has 2 atom stereocenters. The third-order valence-electron chi connectivity index (χ3n) is 6.52. The summed E-state index contributed by atoms with van der Waals surface area (Å²) in [6.07, 6.45) is 7.58. The summed E-state index contributed by atoms with van der Waals surface area (Å²) in [6, 6.07) is 10.6. The lowest BCUT2D eigenvalue weighted by Crippen LogP contribution is -2.53. The van der Waals surface area contributed by atoms with Gasteiger partial charge in [0.1, 0.15) is 0 Å². The van der Waals surface area contributed by atoms with E-state index in [1.807, 2.05) is 6.07 Å². The summed E-state index contributed by atoms with van der Waals surface area (Å²) >= 11 is 0. The number of benzene rings is 1. The molecule has 0 amide bonds. The molecular formula is C21H32ClNO2. The summed E-state index contributed by atoms with van der Waals surface area (Å²) in [5, 5.41) is 13.8. The second kappa shape index (κ2) is 7.96. The van der Waals surface area contributed by atoms with Gasteiger partial charge in [-0.15, -0.1) is 12.4 Å². The first kappa shape index (κ1) is 19.2. The monoisotopic (exact) mass is 365 g/mol. The number of hydrogen-bond donors (Lipinski definition) is 2. The first-order valence-corrected chi connectivity index (χ1v) is 9.72. The standard InChI is InChI=1S/C21H31NO2.ClH/c1-15(19-5-3-2-4-6-19)22-13-20(23)14-24-21-10-16-7-17(11-21)9-18(8-16)12-21;/h2-6,15-18,20,22-23H,7-14H2,1H3;1H. The van der Waals surface area contributed by atoms with Crippen molar-refractivity contribution in [2.24, 2.45) is 17.8 Å². The molecule has 1 aromatic carbocycles. The van der Waals surface area contributed by atoms with Crippen LogP contribution in [0.25, 0.3) is 0 Å². The highest BCUT2D eigenvalue weighted by molar-refractivity contribution is 5.85. The van der Waals surface area contributed by atoms with Crippen LogP contribution in [0.3, 0.4) is 0 Å². The molecule has 0 aromatic heterocycles. The number of aliphatic hydroxyl groups is 1. The van der Waals surface area contributed by atoms with Crippen molar-refractivity contribution < 1.29 is 9.84 Å². The minimum atomic E-state index is -0.427. The first-order chi connectivity index (χ1) is 11.6. The van der Waals surface area contributed by atoms with Crippen LogP contribution in [0.2, 0.25) is 0 Å². The van der Waals surface area contributed by atoms with Crippen LogP contribution in [-0.2, 0) is 4.74 Å². The van der Waals surface area contributed by atoms with Gasteiger partial charge in [-0.1, -0.05) is 30.3 Å². The Bertz CT molecular complexity index is 515. The molecule has 0 aliphatic heterocycles. The largest absolute Gasteiger partial charge is 0.389 e. The van der Waals surface area contributed by atoms with E-state index >= 15 is 0 Å². The number of nitrogens with one attached hydrogen (secondary N) is 1. The van der Waals surface area contributed by atoms with Crippen molar-refractivity contribution in [1.82, 2.24) is 5.32 Å². The van der Waals surface area contributed by atoms with Crippen molar-refractivity contribution in [3.05, 3.63) is 35.9 Å². The summed E-state index contributed by atoms with van der Waals surface area (Å²) in [5.41, 5.74) is 1.35. The molecule has 4 fully saturated rings. The Hall–Kier alpha value is -0.610. The molecule has 4 heteroatoms. The maximum Gasteiger partial charge on any atom is 0.0898 e. The maximum absolute atomic E-state index is 10.4. The van der Waals surface area contributed by atoms with Crippen LogP contribution in [0.15, 0.2) is 30.3 Å². The molecule has 4 bridgehead atoms. The molecule has 1 aromatic rings. The highest BCUT2D eigenvalue weighted by Gasteiger charge is 2.51. The Morgan fingerprint density at radius 1 is 1.08 bits per heavy atom. The number of aliphatic hydroxyl groups excluding tert-OH is 1. The van der Waals surface area contributed by atoms with E-state index in [-0.39, 0.29) is 24.0 Å². The third kappa shape index (κ3) is 4.39. The molecule has 4 saturated carbocycles. The van der Waals surface area contributed by atoms with Crippen LogP contribution in [0.4, 0.5) is 0 Å². The Labute approximate surface area is 157 Å². The number of rotatable bonds is 7. The molecule has 4 aliphatic carbocycles. The lowest BCUT2D eigenvalue weighted by atomic mass is 9.54. The van der Waals surface area contributed by atoms with Crippen LogP contribution in [0.5, 0.6) is 0 Å². The van der Waals surface area contributed by atoms with Crippen molar-refractivity contribution >= 4 is 12.4 Å². The number of hydrogen-bond acceptors (Lipinski definition) is 3. The van der Waals surface area contributed by atoms with E-state index in [4.69, 9.17) is 4.74 Å². The van der Waals surface area contributed by atoms with E-state index in [2.05, 4.69) is 36.5 Å². The summed E-state index contributed by atoms with van der Waals surface area (Å²) in [5.74, 6) is 2.68. The Morgan fingerprint density at radius 2 is 1.64 bits per heavy atom. The quantitative estimate of drug-likeness (QED) is 0.764. The van der Waals surface area contributed by atoms with Crippen molar-refractivity contribution in [2.45, 2.75) is 63.2 Å². The van der Waals surface area contributed by atoms with Crippen LogP contribution in [-0.4, -0.2) is 30.0 Å². The molecule has 4 aliphatic rings. The average Bonchev–Trinajstić information content (AvgIpc) is 2.57. The van der Waals surface area contributed by atoms with Gasteiger partial charge in [0, 0.05) is 12.6 Å². The molecule has 0 radical (unpaired) electrons.